The Morgan fingerprint density at radius 3 is 2.41 bits per heavy atom. The molecule has 0 aliphatic carbocycles. The van der Waals surface area contributed by atoms with Gasteiger partial charge in [-0.25, -0.2) is 4.79 Å². The Morgan fingerprint density at radius 2 is 1.81 bits per heavy atom. The van der Waals surface area contributed by atoms with Gasteiger partial charge in [0.05, 0.1) is 12.1 Å². The van der Waals surface area contributed by atoms with E-state index in [1.807, 2.05) is 26.8 Å². The number of esters is 1. The average Bonchev–Trinajstić information content (AvgIpc) is 2.80. The zero-order valence-corrected chi connectivity index (χ0v) is 16.9. The number of rotatable bonds is 2. The number of fused-ring (bicyclic) bond motifs is 2. The van der Waals surface area contributed by atoms with E-state index in [1.54, 1.807) is 27.0 Å². The first kappa shape index (κ1) is 19.1. The van der Waals surface area contributed by atoms with Gasteiger partial charge in [-0.15, -0.1) is 0 Å². The normalized spacial score (nSPS) is 13.3. The molecule has 0 unspecified atom stereocenters. The van der Waals surface area contributed by atoms with Gasteiger partial charge in [0.25, 0.3) is 0 Å². The van der Waals surface area contributed by atoms with Crippen molar-refractivity contribution >= 4 is 23.1 Å². The summed E-state index contributed by atoms with van der Waals surface area (Å²) >= 11 is 6.42. The quantitative estimate of drug-likeness (QED) is 0.526. The minimum atomic E-state index is -0.555. The predicted molar refractivity (Wildman–Crippen MR) is 105 cm³/mol. The zero-order chi connectivity index (χ0) is 20.0. The molecule has 2 aromatic carbocycles. The maximum absolute atomic E-state index is 12.9. The van der Waals surface area contributed by atoms with Crippen molar-refractivity contribution in [1.82, 2.24) is 0 Å². The van der Waals surface area contributed by atoms with Crippen LogP contribution in [0.4, 0.5) is 0 Å². The summed E-state index contributed by atoms with van der Waals surface area (Å²) in [6.07, 6.45) is 1.84. The highest BCUT2D eigenvalue weighted by molar-refractivity contribution is 6.34. The van der Waals surface area contributed by atoms with E-state index in [1.165, 1.54) is 0 Å². The second-order valence-electron chi connectivity index (χ2n) is 6.51. The number of halogens is 1. The molecule has 5 nitrogen and oxygen atoms in total. The molecule has 0 saturated carbocycles. The lowest BCUT2D eigenvalue weighted by atomic mass is 10.0. The van der Waals surface area contributed by atoms with Crippen LogP contribution < -0.4 is 14.2 Å². The number of phenols is 1. The van der Waals surface area contributed by atoms with Crippen LogP contribution in [0, 0.1) is 20.8 Å². The fourth-order valence-electron chi connectivity index (χ4n) is 3.19. The molecule has 0 fully saturated rings. The van der Waals surface area contributed by atoms with Crippen LogP contribution in [0.3, 0.4) is 0 Å². The van der Waals surface area contributed by atoms with Gasteiger partial charge in [-0.3, -0.25) is 0 Å². The molecule has 1 aliphatic heterocycles. The number of methoxy groups -OCH3 is 1. The van der Waals surface area contributed by atoms with Crippen molar-refractivity contribution < 1.29 is 24.1 Å². The van der Waals surface area contributed by atoms with Gasteiger partial charge in [0.1, 0.15) is 22.8 Å². The third-order valence-corrected chi connectivity index (χ3v) is 5.25. The maximum Gasteiger partial charge on any atom is 0.347 e. The van der Waals surface area contributed by atoms with Gasteiger partial charge < -0.3 is 19.3 Å². The summed E-state index contributed by atoms with van der Waals surface area (Å²) in [5.74, 6) is 0.733. The van der Waals surface area contributed by atoms with Gasteiger partial charge in [-0.1, -0.05) is 17.7 Å². The molecule has 0 aromatic heterocycles. The first-order chi connectivity index (χ1) is 12.7. The van der Waals surface area contributed by atoms with E-state index in [9.17, 15) is 9.90 Å². The molecule has 0 radical (unpaired) electrons. The molecular formula is C21H21ClO5. The van der Waals surface area contributed by atoms with E-state index < -0.39 is 5.97 Å². The second-order valence-corrected chi connectivity index (χ2v) is 6.89. The van der Waals surface area contributed by atoms with E-state index >= 15 is 0 Å². The summed E-state index contributed by atoms with van der Waals surface area (Å²) in [5.41, 5.74) is 3.27. The number of carbonyl (C=O) groups is 1. The van der Waals surface area contributed by atoms with Crippen LogP contribution in [0.5, 0.6) is 28.7 Å². The minimum absolute atomic E-state index is 0.139. The Balaban J connectivity index is 2.42. The highest BCUT2D eigenvalue weighted by Gasteiger charge is 2.33. The Kier molecular flexibility index (Phi) is 4.82. The molecule has 0 bridgehead atoms. The number of ether oxygens (including phenoxy) is 3. The van der Waals surface area contributed by atoms with Gasteiger partial charge in [-0.05, 0) is 51.8 Å². The van der Waals surface area contributed by atoms with Crippen molar-refractivity contribution in [2.24, 2.45) is 0 Å². The van der Waals surface area contributed by atoms with Gasteiger partial charge in [0.2, 0.25) is 0 Å². The Morgan fingerprint density at radius 1 is 1.15 bits per heavy atom. The fraction of sp³-hybridized carbons (Fsp3) is 0.286. The number of hydrogen-bond acceptors (Lipinski definition) is 5. The van der Waals surface area contributed by atoms with E-state index in [0.717, 1.165) is 5.57 Å². The van der Waals surface area contributed by atoms with Crippen LogP contribution in [0.15, 0.2) is 12.1 Å². The molecule has 0 amide bonds. The summed E-state index contributed by atoms with van der Waals surface area (Å²) in [6.45, 7) is 8.92. The summed E-state index contributed by atoms with van der Waals surface area (Å²) in [5, 5.41) is 10.6. The molecular weight excluding hydrogens is 368 g/mol. The molecule has 0 atom stereocenters. The summed E-state index contributed by atoms with van der Waals surface area (Å²) < 4.78 is 17.3. The lowest BCUT2D eigenvalue weighted by Gasteiger charge is -2.19. The van der Waals surface area contributed by atoms with E-state index in [-0.39, 0.29) is 16.5 Å². The van der Waals surface area contributed by atoms with Crippen LogP contribution in [0.25, 0.3) is 5.57 Å². The Labute approximate surface area is 163 Å². The molecule has 142 valence electrons. The summed E-state index contributed by atoms with van der Waals surface area (Å²) in [4.78, 5) is 12.9. The van der Waals surface area contributed by atoms with Crippen molar-refractivity contribution in [3.05, 3.63) is 45.0 Å². The summed E-state index contributed by atoms with van der Waals surface area (Å²) in [7, 11) is 1.56. The SMILES string of the molecule is CC=C(C)c1c(Cl)c(O)c(C)c2c1Oc1c(C)c(OC)cc(C)c1C(=O)O2. The van der Waals surface area contributed by atoms with Crippen LogP contribution >= 0.6 is 11.6 Å². The maximum atomic E-state index is 12.9. The number of aryl methyl sites for hydroxylation is 1. The van der Waals surface area contributed by atoms with Crippen LogP contribution in [-0.2, 0) is 0 Å². The Bertz CT molecular complexity index is 1000. The van der Waals surface area contributed by atoms with Crippen molar-refractivity contribution in [2.45, 2.75) is 34.6 Å². The molecule has 6 heteroatoms. The second kappa shape index (κ2) is 6.82. The third-order valence-electron chi connectivity index (χ3n) is 4.89. The molecule has 2 aromatic rings. The third kappa shape index (κ3) is 2.82. The summed E-state index contributed by atoms with van der Waals surface area (Å²) in [6, 6.07) is 1.77. The van der Waals surface area contributed by atoms with Crippen molar-refractivity contribution in [3.8, 4) is 28.7 Å². The smallest absolute Gasteiger partial charge is 0.347 e. The lowest BCUT2D eigenvalue weighted by molar-refractivity contribution is 0.0735. The average molecular weight is 389 g/mol. The van der Waals surface area contributed by atoms with E-state index in [2.05, 4.69) is 0 Å². The first-order valence-electron chi connectivity index (χ1n) is 8.49. The number of hydrogen-bond donors (Lipinski definition) is 1. The largest absolute Gasteiger partial charge is 0.506 e. The van der Waals surface area contributed by atoms with Crippen molar-refractivity contribution in [2.75, 3.05) is 7.11 Å². The highest BCUT2D eigenvalue weighted by atomic mass is 35.5. The Hall–Kier alpha value is -2.66. The lowest BCUT2D eigenvalue weighted by Crippen LogP contribution is -2.11. The minimum Gasteiger partial charge on any atom is -0.506 e. The van der Waals surface area contributed by atoms with E-state index in [0.29, 0.717) is 45.1 Å². The van der Waals surface area contributed by atoms with Crippen molar-refractivity contribution in [3.63, 3.8) is 0 Å². The highest BCUT2D eigenvalue weighted by Crippen LogP contribution is 2.53. The van der Waals surface area contributed by atoms with Gasteiger partial charge >= 0.3 is 5.97 Å². The fourth-order valence-corrected chi connectivity index (χ4v) is 3.56. The van der Waals surface area contributed by atoms with Crippen LogP contribution in [-0.4, -0.2) is 18.2 Å². The first-order valence-corrected chi connectivity index (χ1v) is 8.87. The number of benzene rings is 2. The predicted octanol–water partition coefficient (Wildman–Crippen LogP) is 5.73. The van der Waals surface area contributed by atoms with Crippen LogP contribution in [0.2, 0.25) is 5.02 Å². The van der Waals surface area contributed by atoms with Gasteiger partial charge in [0.15, 0.2) is 11.5 Å². The van der Waals surface area contributed by atoms with Crippen LogP contribution in [0.1, 0.15) is 46.5 Å². The molecule has 1 heterocycles. The molecule has 27 heavy (non-hydrogen) atoms. The molecule has 1 aliphatic rings. The topological polar surface area (TPSA) is 65.0 Å². The van der Waals surface area contributed by atoms with Gasteiger partial charge in [0, 0.05) is 16.7 Å². The molecule has 1 N–H and O–H groups in total. The van der Waals surface area contributed by atoms with Gasteiger partial charge in [-0.2, -0.15) is 0 Å². The standard InChI is InChI=1S/C21H21ClO5/c1-7-9(2)14-16(22)17(23)12(5)19-20(14)26-18-11(4)13(25-6)8-10(3)15(18)21(24)27-19/h7-8,23H,1-6H3. The number of carbonyl (C=O) groups excluding carboxylic acids is 1. The molecule has 3 rings (SSSR count). The molecule has 0 saturated heterocycles. The van der Waals surface area contributed by atoms with Crippen molar-refractivity contribution in [1.29, 1.82) is 0 Å². The van der Waals surface area contributed by atoms with E-state index in [4.69, 9.17) is 25.8 Å². The number of aromatic hydroxyl groups is 1. The number of phenolic OH excluding ortho intramolecular Hbond substituents is 1. The number of allylic oxidation sites excluding steroid dienone is 2. The zero-order valence-electron chi connectivity index (χ0n) is 16.1. The molecule has 0 spiro atoms. The monoisotopic (exact) mass is 388 g/mol.